The van der Waals surface area contributed by atoms with Gasteiger partial charge in [0.25, 0.3) is 11.8 Å². The molecule has 0 bridgehead atoms. The molecule has 3 amide bonds. The van der Waals surface area contributed by atoms with Gasteiger partial charge >= 0.3 is 0 Å². The number of benzene rings is 2. The van der Waals surface area contributed by atoms with E-state index in [9.17, 15) is 19.5 Å². The maximum absolute atomic E-state index is 13.9. The molecular formula is C24H25N5O4S. The van der Waals surface area contributed by atoms with Crippen LogP contribution in [-0.4, -0.2) is 33.2 Å². The Hall–Kier alpha value is -3.92. The van der Waals surface area contributed by atoms with Gasteiger partial charge in [0.05, 0.1) is 5.69 Å². The van der Waals surface area contributed by atoms with Gasteiger partial charge in [0.1, 0.15) is 16.7 Å². The summed E-state index contributed by atoms with van der Waals surface area (Å²) in [6, 6.07) is 13.8. The Balaban J connectivity index is 1.82. The molecule has 1 aliphatic rings. The molecule has 1 aromatic heterocycles. The topological polar surface area (TPSA) is 152 Å². The molecule has 0 unspecified atom stereocenters. The predicted molar refractivity (Wildman–Crippen MR) is 130 cm³/mol. The van der Waals surface area contributed by atoms with E-state index in [0.29, 0.717) is 11.3 Å². The summed E-state index contributed by atoms with van der Waals surface area (Å²) in [5.41, 5.74) is 12.0. The number of nitrogen functional groups attached to an aromatic ring is 1. The number of nitrogens with one attached hydrogen (secondary N) is 1. The molecule has 6 N–H and O–H groups in total. The molecule has 176 valence electrons. The summed E-state index contributed by atoms with van der Waals surface area (Å²) in [5.74, 6) is -1.75. The second kappa shape index (κ2) is 9.92. The number of hydrogen-bond donors (Lipinski definition) is 4. The van der Waals surface area contributed by atoms with Gasteiger partial charge in [0.2, 0.25) is 5.91 Å². The van der Waals surface area contributed by atoms with E-state index in [1.807, 2.05) is 0 Å². The fourth-order valence-corrected chi connectivity index (χ4v) is 4.88. The van der Waals surface area contributed by atoms with E-state index < -0.39 is 17.9 Å². The summed E-state index contributed by atoms with van der Waals surface area (Å²) in [6.07, 6.45) is 3.81. The highest BCUT2D eigenvalue weighted by atomic mass is 32.1. The minimum absolute atomic E-state index is 0.00935. The molecule has 1 fully saturated rings. The average Bonchev–Trinajstić information content (AvgIpc) is 3.48. The SMILES string of the molecule is NC(=O)c1nsc(C(=O)N(c2ccccc2)[C@@H](C(=O)NC2CCCC2)c2ccc(O)cc2)c1N. The zero-order valence-corrected chi connectivity index (χ0v) is 19.1. The molecule has 1 aliphatic carbocycles. The Morgan fingerprint density at radius 1 is 1.06 bits per heavy atom. The second-order valence-electron chi connectivity index (χ2n) is 8.13. The van der Waals surface area contributed by atoms with Crippen molar-refractivity contribution in [2.75, 3.05) is 10.6 Å². The predicted octanol–water partition coefficient (Wildman–Crippen LogP) is 2.98. The quantitative estimate of drug-likeness (QED) is 0.409. The van der Waals surface area contributed by atoms with E-state index in [1.165, 1.54) is 17.0 Å². The van der Waals surface area contributed by atoms with Crippen LogP contribution >= 0.6 is 11.5 Å². The van der Waals surface area contributed by atoms with Crippen molar-refractivity contribution < 1.29 is 19.5 Å². The number of para-hydroxylation sites is 1. The number of carbonyl (C=O) groups is 3. The van der Waals surface area contributed by atoms with E-state index in [4.69, 9.17) is 11.5 Å². The van der Waals surface area contributed by atoms with Crippen LogP contribution in [0.5, 0.6) is 5.75 Å². The molecule has 9 nitrogen and oxygen atoms in total. The van der Waals surface area contributed by atoms with E-state index in [1.54, 1.807) is 42.5 Å². The van der Waals surface area contributed by atoms with E-state index in [0.717, 1.165) is 37.2 Å². The number of aromatic nitrogens is 1. The molecular weight excluding hydrogens is 454 g/mol. The summed E-state index contributed by atoms with van der Waals surface area (Å²) in [7, 11) is 0. The van der Waals surface area contributed by atoms with Crippen molar-refractivity contribution in [2.45, 2.75) is 37.8 Å². The lowest BCUT2D eigenvalue weighted by Gasteiger charge is -2.32. The maximum atomic E-state index is 13.9. The van der Waals surface area contributed by atoms with Crippen LogP contribution in [0.4, 0.5) is 11.4 Å². The van der Waals surface area contributed by atoms with Crippen molar-refractivity contribution in [2.24, 2.45) is 5.73 Å². The molecule has 0 saturated heterocycles. The first-order valence-electron chi connectivity index (χ1n) is 10.9. The van der Waals surface area contributed by atoms with Gasteiger partial charge in [-0.05, 0) is 54.2 Å². The highest BCUT2D eigenvalue weighted by molar-refractivity contribution is 7.09. The van der Waals surface area contributed by atoms with Crippen molar-refractivity contribution in [3.63, 3.8) is 0 Å². The minimum Gasteiger partial charge on any atom is -0.508 e. The largest absolute Gasteiger partial charge is 0.508 e. The number of amides is 3. The van der Waals surface area contributed by atoms with Crippen molar-refractivity contribution in [1.29, 1.82) is 0 Å². The first-order chi connectivity index (χ1) is 16.4. The first kappa shape index (κ1) is 23.2. The van der Waals surface area contributed by atoms with Crippen molar-refractivity contribution in [3.8, 4) is 5.75 Å². The summed E-state index contributed by atoms with van der Waals surface area (Å²) in [4.78, 5) is 40.5. The Bertz CT molecular complexity index is 1190. The van der Waals surface area contributed by atoms with Gasteiger partial charge in [0.15, 0.2) is 5.69 Å². The number of carbonyl (C=O) groups excluding carboxylic acids is 3. The Morgan fingerprint density at radius 2 is 1.71 bits per heavy atom. The normalized spacial score (nSPS) is 14.5. The lowest BCUT2D eigenvalue weighted by Crippen LogP contribution is -2.46. The van der Waals surface area contributed by atoms with Crippen LogP contribution in [-0.2, 0) is 4.79 Å². The van der Waals surface area contributed by atoms with Crippen molar-refractivity contribution >= 4 is 40.6 Å². The van der Waals surface area contributed by atoms with Gasteiger partial charge < -0.3 is 21.9 Å². The van der Waals surface area contributed by atoms with Gasteiger partial charge in [-0.15, -0.1) is 0 Å². The smallest absolute Gasteiger partial charge is 0.273 e. The average molecular weight is 480 g/mol. The number of phenols is 1. The number of nitrogens with two attached hydrogens (primary N) is 2. The summed E-state index contributed by atoms with van der Waals surface area (Å²) < 4.78 is 3.95. The highest BCUT2D eigenvalue weighted by Crippen LogP contribution is 2.34. The van der Waals surface area contributed by atoms with E-state index in [2.05, 4.69) is 9.69 Å². The highest BCUT2D eigenvalue weighted by Gasteiger charge is 2.37. The van der Waals surface area contributed by atoms with Crippen LogP contribution in [0.15, 0.2) is 54.6 Å². The van der Waals surface area contributed by atoms with Gasteiger partial charge in [-0.3, -0.25) is 19.3 Å². The van der Waals surface area contributed by atoms with Gasteiger partial charge in [-0.25, -0.2) is 0 Å². The van der Waals surface area contributed by atoms with Crippen LogP contribution in [0.2, 0.25) is 0 Å². The molecule has 1 atom stereocenters. The molecule has 0 radical (unpaired) electrons. The Kier molecular flexibility index (Phi) is 6.78. The zero-order chi connectivity index (χ0) is 24.2. The number of hydrogen-bond acceptors (Lipinski definition) is 7. The standard InChI is InChI=1S/C24H25N5O4S/c25-18-19(22(26)31)28-34-21(18)24(33)29(16-8-2-1-3-9-16)20(14-10-12-17(30)13-11-14)23(32)27-15-6-4-5-7-15/h1-3,8-13,15,20,30H,4-7,25H2,(H2,26,31)(H,27,32)/t20-/m1/s1. The Labute approximate surface area is 200 Å². The second-order valence-corrected chi connectivity index (χ2v) is 8.91. The Morgan fingerprint density at radius 3 is 2.29 bits per heavy atom. The molecule has 4 rings (SSSR count). The fourth-order valence-electron chi connectivity index (χ4n) is 4.14. The molecule has 2 aromatic carbocycles. The number of aromatic hydroxyl groups is 1. The monoisotopic (exact) mass is 479 g/mol. The first-order valence-corrected chi connectivity index (χ1v) is 11.7. The third-order valence-corrected chi connectivity index (χ3v) is 6.68. The number of phenolic OH excluding ortho intramolecular Hbond substituents is 1. The summed E-state index contributed by atoms with van der Waals surface area (Å²) >= 11 is 0.757. The lowest BCUT2D eigenvalue weighted by atomic mass is 10.0. The third kappa shape index (κ3) is 4.72. The molecule has 1 saturated carbocycles. The molecule has 0 spiro atoms. The number of anilines is 2. The van der Waals surface area contributed by atoms with Crippen LogP contribution in [0.1, 0.15) is 57.4 Å². The molecule has 34 heavy (non-hydrogen) atoms. The summed E-state index contributed by atoms with van der Waals surface area (Å²) in [5, 5.41) is 12.9. The third-order valence-electron chi connectivity index (χ3n) is 5.83. The van der Waals surface area contributed by atoms with Gasteiger partial charge in [0, 0.05) is 11.7 Å². The molecule has 1 heterocycles. The van der Waals surface area contributed by atoms with Crippen LogP contribution in [0.25, 0.3) is 0 Å². The lowest BCUT2D eigenvalue weighted by molar-refractivity contribution is -0.123. The van der Waals surface area contributed by atoms with Gasteiger partial charge in [-0.1, -0.05) is 43.2 Å². The van der Waals surface area contributed by atoms with Crippen LogP contribution < -0.4 is 21.7 Å². The molecule has 10 heteroatoms. The number of primary amides is 1. The molecule has 3 aromatic rings. The van der Waals surface area contributed by atoms with Crippen LogP contribution in [0.3, 0.4) is 0 Å². The van der Waals surface area contributed by atoms with Crippen LogP contribution in [0, 0.1) is 0 Å². The molecule has 0 aliphatic heterocycles. The number of rotatable bonds is 7. The maximum Gasteiger partial charge on any atom is 0.273 e. The van der Waals surface area contributed by atoms with E-state index >= 15 is 0 Å². The fraction of sp³-hybridized carbons (Fsp3) is 0.250. The van der Waals surface area contributed by atoms with E-state index in [-0.39, 0.29) is 34.0 Å². The van der Waals surface area contributed by atoms with Gasteiger partial charge in [-0.2, -0.15) is 4.37 Å². The minimum atomic E-state index is -1.06. The van der Waals surface area contributed by atoms with Crippen molar-refractivity contribution in [3.05, 3.63) is 70.7 Å². The number of nitrogens with zero attached hydrogens (tertiary/aromatic N) is 2. The summed E-state index contributed by atoms with van der Waals surface area (Å²) in [6.45, 7) is 0. The van der Waals surface area contributed by atoms with Crippen molar-refractivity contribution in [1.82, 2.24) is 9.69 Å². The zero-order valence-electron chi connectivity index (χ0n) is 18.3.